The summed E-state index contributed by atoms with van der Waals surface area (Å²) in [4.78, 5) is 23.7. The molecule has 0 unspecified atom stereocenters. The van der Waals surface area contributed by atoms with Gasteiger partial charge in [0.15, 0.2) is 0 Å². The molecular formula is C17H30NO4+. The zero-order chi connectivity index (χ0) is 16.6. The molecule has 1 heterocycles. The minimum absolute atomic E-state index is 0.100. The van der Waals surface area contributed by atoms with Gasteiger partial charge in [0.05, 0.1) is 26.1 Å². The van der Waals surface area contributed by atoms with Gasteiger partial charge in [-0.05, 0) is 20.3 Å². The van der Waals surface area contributed by atoms with E-state index in [9.17, 15) is 9.59 Å². The lowest BCUT2D eigenvalue weighted by atomic mass is 9.83. The third-order valence-corrected chi connectivity index (χ3v) is 4.18. The number of rotatable bonds is 8. The van der Waals surface area contributed by atoms with Crippen molar-refractivity contribution in [1.82, 2.24) is 0 Å². The minimum Gasteiger partial charge on any atom is -0.465 e. The number of piperidine rings is 1. The van der Waals surface area contributed by atoms with Gasteiger partial charge in [0.1, 0.15) is 5.60 Å². The molecule has 0 radical (unpaired) electrons. The summed E-state index contributed by atoms with van der Waals surface area (Å²) < 4.78 is 10.6. The maximum Gasteiger partial charge on any atom is 0.334 e. The SMILES string of the molecule is C=C(CC(=O)OCCCC)C(=O)OC(C)(C)C1CC[NH2+]CC1. The molecule has 0 aromatic heterocycles. The molecule has 1 fully saturated rings. The van der Waals surface area contributed by atoms with Crippen LogP contribution in [0.15, 0.2) is 12.2 Å². The highest BCUT2D eigenvalue weighted by atomic mass is 16.6. The van der Waals surface area contributed by atoms with Gasteiger partial charge in [-0.15, -0.1) is 0 Å². The quantitative estimate of drug-likeness (QED) is 0.420. The molecule has 1 aliphatic rings. The third-order valence-electron chi connectivity index (χ3n) is 4.18. The topological polar surface area (TPSA) is 69.2 Å². The van der Waals surface area contributed by atoms with Gasteiger partial charge in [-0.25, -0.2) is 4.79 Å². The van der Waals surface area contributed by atoms with E-state index in [-0.39, 0.29) is 12.0 Å². The highest BCUT2D eigenvalue weighted by Gasteiger charge is 2.35. The smallest absolute Gasteiger partial charge is 0.334 e. The molecule has 0 atom stereocenters. The van der Waals surface area contributed by atoms with Crippen molar-refractivity contribution < 1.29 is 24.4 Å². The molecule has 0 spiro atoms. The van der Waals surface area contributed by atoms with Crippen LogP contribution in [0.3, 0.4) is 0 Å². The molecule has 0 aromatic rings. The standard InChI is InChI=1S/C17H29NO4/c1-5-6-11-21-15(19)12-13(2)16(20)22-17(3,4)14-7-9-18-10-8-14/h14,18H,2,5-12H2,1,3-4H3/p+1. The Hall–Kier alpha value is -1.36. The Morgan fingerprint density at radius 1 is 1.27 bits per heavy atom. The summed E-state index contributed by atoms with van der Waals surface area (Å²) in [6.07, 6.45) is 3.76. The number of carbonyl (C=O) groups excluding carboxylic acids is 2. The van der Waals surface area contributed by atoms with Crippen molar-refractivity contribution in [2.45, 2.75) is 58.5 Å². The van der Waals surface area contributed by atoms with Crippen LogP contribution in [-0.2, 0) is 19.1 Å². The van der Waals surface area contributed by atoms with E-state index < -0.39 is 17.5 Å². The van der Waals surface area contributed by atoms with E-state index in [0.29, 0.717) is 12.5 Å². The average Bonchev–Trinajstić information content (AvgIpc) is 2.48. The van der Waals surface area contributed by atoms with Gasteiger partial charge in [0.25, 0.3) is 0 Å². The second-order valence-electron chi connectivity index (χ2n) is 6.49. The fourth-order valence-electron chi connectivity index (χ4n) is 2.64. The van der Waals surface area contributed by atoms with E-state index >= 15 is 0 Å². The summed E-state index contributed by atoms with van der Waals surface area (Å²) in [5.74, 6) is -0.557. The molecule has 1 aliphatic heterocycles. The van der Waals surface area contributed by atoms with Gasteiger partial charge in [-0.2, -0.15) is 0 Å². The summed E-state index contributed by atoms with van der Waals surface area (Å²) in [5.41, 5.74) is -0.364. The zero-order valence-corrected chi connectivity index (χ0v) is 14.2. The average molecular weight is 312 g/mol. The Bertz CT molecular complexity index is 397. The first-order chi connectivity index (χ1) is 10.4. The second kappa shape index (κ2) is 8.93. The van der Waals surface area contributed by atoms with Gasteiger partial charge >= 0.3 is 11.9 Å². The van der Waals surface area contributed by atoms with Crippen molar-refractivity contribution in [3.05, 3.63) is 12.2 Å². The molecule has 0 aromatic carbocycles. The van der Waals surface area contributed by atoms with Crippen LogP contribution in [0.25, 0.3) is 0 Å². The first-order valence-corrected chi connectivity index (χ1v) is 8.25. The van der Waals surface area contributed by atoms with Crippen molar-refractivity contribution in [3.63, 3.8) is 0 Å². The van der Waals surface area contributed by atoms with Crippen molar-refractivity contribution in [3.8, 4) is 0 Å². The lowest BCUT2D eigenvalue weighted by Gasteiger charge is -2.35. The van der Waals surface area contributed by atoms with E-state index in [0.717, 1.165) is 38.8 Å². The van der Waals surface area contributed by atoms with E-state index in [4.69, 9.17) is 9.47 Å². The molecule has 5 nitrogen and oxygen atoms in total. The number of esters is 2. The first-order valence-electron chi connectivity index (χ1n) is 8.25. The summed E-state index contributed by atoms with van der Waals surface area (Å²) in [6.45, 7) is 12.1. The predicted molar refractivity (Wildman–Crippen MR) is 84.2 cm³/mol. The largest absolute Gasteiger partial charge is 0.465 e. The Morgan fingerprint density at radius 3 is 2.50 bits per heavy atom. The number of hydrogen-bond acceptors (Lipinski definition) is 4. The van der Waals surface area contributed by atoms with Crippen molar-refractivity contribution in [2.75, 3.05) is 19.7 Å². The molecule has 0 bridgehead atoms. The normalized spacial score (nSPS) is 16.1. The summed E-state index contributed by atoms with van der Waals surface area (Å²) in [6, 6.07) is 0. The van der Waals surface area contributed by atoms with Crippen molar-refractivity contribution in [2.24, 2.45) is 5.92 Å². The maximum absolute atomic E-state index is 12.1. The highest BCUT2D eigenvalue weighted by Crippen LogP contribution is 2.28. The maximum atomic E-state index is 12.1. The van der Waals surface area contributed by atoms with Crippen molar-refractivity contribution >= 4 is 11.9 Å². The number of carbonyl (C=O) groups is 2. The summed E-state index contributed by atoms with van der Waals surface area (Å²) >= 11 is 0. The molecule has 5 heteroatoms. The highest BCUT2D eigenvalue weighted by molar-refractivity contribution is 5.93. The van der Waals surface area contributed by atoms with Gasteiger partial charge in [-0.1, -0.05) is 19.9 Å². The second-order valence-corrected chi connectivity index (χ2v) is 6.49. The predicted octanol–water partition coefficient (Wildman–Crippen LogP) is 1.57. The monoisotopic (exact) mass is 312 g/mol. The number of hydrogen-bond donors (Lipinski definition) is 1. The minimum atomic E-state index is -0.527. The van der Waals surface area contributed by atoms with Gasteiger partial charge in [-0.3, -0.25) is 4.79 Å². The van der Waals surface area contributed by atoms with E-state index in [1.807, 2.05) is 20.8 Å². The first kappa shape index (κ1) is 18.7. The number of nitrogens with two attached hydrogens (primary N) is 1. The molecule has 1 saturated heterocycles. The molecule has 0 saturated carbocycles. The lowest BCUT2D eigenvalue weighted by molar-refractivity contribution is -0.665. The van der Waals surface area contributed by atoms with E-state index in [1.165, 1.54) is 0 Å². The van der Waals surface area contributed by atoms with Crippen LogP contribution in [0.4, 0.5) is 0 Å². The van der Waals surface area contributed by atoms with Crippen LogP contribution < -0.4 is 5.32 Å². The van der Waals surface area contributed by atoms with Crippen LogP contribution >= 0.6 is 0 Å². The van der Waals surface area contributed by atoms with E-state index in [1.54, 1.807) is 0 Å². The Labute approximate surface area is 133 Å². The number of quaternary nitrogens is 1. The molecule has 0 aliphatic carbocycles. The Kier molecular flexibility index (Phi) is 7.59. The third kappa shape index (κ3) is 6.18. The summed E-state index contributed by atoms with van der Waals surface area (Å²) in [5, 5.41) is 2.28. The van der Waals surface area contributed by atoms with Crippen LogP contribution in [-0.4, -0.2) is 37.2 Å². The number of ether oxygens (including phenoxy) is 2. The van der Waals surface area contributed by atoms with Gasteiger partial charge < -0.3 is 14.8 Å². The van der Waals surface area contributed by atoms with Gasteiger partial charge in [0.2, 0.25) is 0 Å². The molecule has 22 heavy (non-hydrogen) atoms. The molecular weight excluding hydrogens is 282 g/mol. The molecule has 1 rings (SSSR count). The lowest BCUT2D eigenvalue weighted by Crippen LogP contribution is -2.86. The Morgan fingerprint density at radius 2 is 1.91 bits per heavy atom. The van der Waals surface area contributed by atoms with Crippen LogP contribution in [0, 0.1) is 5.92 Å². The van der Waals surface area contributed by atoms with Crippen LogP contribution in [0.1, 0.15) is 52.9 Å². The van der Waals surface area contributed by atoms with E-state index in [2.05, 4.69) is 11.9 Å². The van der Waals surface area contributed by atoms with Crippen molar-refractivity contribution in [1.29, 1.82) is 0 Å². The molecule has 0 amide bonds. The summed E-state index contributed by atoms with van der Waals surface area (Å²) in [7, 11) is 0. The van der Waals surface area contributed by atoms with Crippen LogP contribution in [0.2, 0.25) is 0 Å². The zero-order valence-electron chi connectivity index (χ0n) is 14.2. The fraction of sp³-hybridized carbons (Fsp3) is 0.765. The fourth-order valence-corrected chi connectivity index (χ4v) is 2.64. The number of unbranched alkanes of at least 4 members (excludes halogenated alkanes) is 1. The van der Waals surface area contributed by atoms with Crippen LogP contribution in [0.5, 0.6) is 0 Å². The van der Waals surface area contributed by atoms with Gasteiger partial charge in [0, 0.05) is 24.3 Å². The Balaban J connectivity index is 2.42. The molecule has 126 valence electrons. The molecule has 2 N–H and O–H groups in total.